The van der Waals surface area contributed by atoms with E-state index in [0.717, 1.165) is 17.7 Å². The number of rotatable bonds is 5. The molecule has 3 nitrogen and oxygen atoms in total. The van der Waals surface area contributed by atoms with Crippen LogP contribution in [0.5, 0.6) is 0 Å². The second-order valence-corrected chi connectivity index (χ2v) is 3.69. The van der Waals surface area contributed by atoms with Crippen LogP contribution in [0, 0.1) is 5.92 Å². The summed E-state index contributed by atoms with van der Waals surface area (Å²) < 4.78 is 10.7. The van der Waals surface area contributed by atoms with E-state index in [1.807, 2.05) is 32.9 Å². The van der Waals surface area contributed by atoms with E-state index in [9.17, 15) is 0 Å². The highest BCUT2D eigenvalue weighted by atomic mass is 16.5. The molecule has 0 saturated carbocycles. The molecule has 0 bridgehead atoms. The Morgan fingerprint density at radius 3 is 2.39 bits per heavy atom. The molecule has 0 fully saturated rings. The monoisotopic (exact) mass is 251 g/mol. The van der Waals surface area contributed by atoms with Gasteiger partial charge < -0.3 is 9.47 Å². The molecule has 1 aliphatic rings. The van der Waals surface area contributed by atoms with E-state index in [4.69, 9.17) is 9.47 Å². The highest BCUT2D eigenvalue weighted by molar-refractivity contribution is 5.42. The Kier molecular flexibility index (Phi) is 8.05. The number of allylic oxidation sites excluding steroid dienone is 2. The van der Waals surface area contributed by atoms with Crippen LogP contribution in [0.2, 0.25) is 0 Å². The summed E-state index contributed by atoms with van der Waals surface area (Å²) in [6, 6.07) is 0. The summed E-state index contributed by atoms with van der Waals surface area (Å²) in [4.78, 5) is 4.09. The normalized spacial score (nSPS) is 22.7. The molecule has 0 radical (unpaired) electrons. The van der Waals surface area contributed by atoms with Gasteiger partial charge in [-0.2, -0.15) is 0 Å². The fourth-order valence-corrected chi connectivity index (χ4v) is 2.08. The van der Waals surface area contributed by atoms with Crippen molar-refractivity contribution in [2.24, 2.45) is 10.9 Å². The quantitative estimate of drug-likeness (QED) is 0.550. The first kappa shape index (κ1) is 16.6. The van der Waals surface area contributed by atoms with Gasteiger partial charge in [-0.25, -0.2) is 0 Å². The lowest BCUT2D eigenvalue weighted by Gasteiger charge is -2.20. The van der Waals surface area contributed by atoms with Crippen molar-refractivity contribution in [1.29, 1.82) is 0 Å². The molecule has 0 aromatic heterocycles. The lowest BCUT2D eigenvalue weighted by atomic mass is 10.0. The first-order chi connectivity index (χ1) is 8.69. The van der Waals surface area contributed by atoms with Gasteiger partial charge in [0.2, 0.25) is 0 Å². The Balaban J connectivity index is 0.00000137. The van der Waals surface area contributed by atoms with Crippen molar-refractivity contribution in [2.75, 3.05) is 14.2 Å². The third kappa shape index (κ3) is 3.57. The molecule has 18 heavy (non-hydrogen) atoms. The Morgan fingerprint density at radius 1 is 1.39 bits per heavy atom. The van der Waals surface area contributed by atoms with Crippen LogP contribution in [0.25, 0.3) is 0 Å². The van der Waals surface area contributed by atoms with Crippen molar-refractivity contribution in [3.05, 3.63) is 35.8 Å². The Hall–Kier alpha value is -1.35. The van der Waals surface area contributed by atoms with Crippen LogP contribution in [0.1, 0.15) is 27.2 Å². The van der Waals surface area contributed by atoms with Crippen LogP contribution in [-0.4, -0.2) is 27.0 Å². The second kappa shape index (κ2) is 8.70. The Labute approximate surface area is 111 Å². The standard InChI is InChI=1S/C13H19NO2.C2H6/c1-6-7-10-8-11(16-5)12(9(2)15-4)13(10)14-3;1-2/h6-7,11-12H,2-3,8H2,1,4-5H3;1-2H3/b7-6-;/t11-,12-;/m0./s1. The van der Waals surface area contributed by atoms with Crippen LogP contribution >= 0.6 is 0 Å². The SMILES string of the molecule is C=NC1=C(/C=C\C)C[C@H](OC)[C@@H]1C(=C)OC.CC. The minimum Gasteiger partial charge on any atom is -0.501 e. The molecule has 1 rings (SSSR count). The average molecular weight is 251 g/mol. The zero-order valence-corrected chi connectivity index (χ0v) is 12.2. The molecule has 3 heteroatoms. The van der Waals surface area contributed by atoms with Gasteiger partial charge in [-0.05, 0) is 19.2 Å². The number of aliphatic imine (C=N–C) groups is 1. The number of hydrogen-bond donors (Lipinski definition) is 0. The molecule has 0 aliphatic heterocycles. The lowest BCUT2D eigenvalue weighted by molar-refractivity contribution is 0.0672. The summed E-state index contributed by atoms with van der Waals surface area (Å²) in [5.41, 5.74) is 2.06. The predicted molar refractivity (Wildman–Crippen MR) is 77.8 cm³/mol. The maximum absolute atomic E-state index is 5.45. The largest absolute Gasteiger partial charge is 0.501 e. The van der Waals surface area contributed by atoms with Gasteiger partial charge in [0.25, 0.3) is 0 Å². The Bertz CT molecular complexity index is 342. The van der Waals surface area contributed by atoms with Gasteiger partial charge in [0.15, 0.2) is 0 Å². The molecule has 0 heterocycles. The van der Waals surface area contributed by atoms with Crippen molar-refractivity contribution >= 4 is 6.72 Å². The van der Waals surface area contributed by atoms with E-state index >= 15 is 0 Å². The van der Waals surface area contributed by atoms with Crippen LogP contribution in [-0.2, 0) is 9.47 Å². The topological polar surface area (TPSA) is 30.8 Å². The van der Waals surface area contributed by atoms with Gasteiger partial charge in [-0.15, -0.1) is 0 Å². The third-order valence-electron chi connectivity index (χ3n) is 2.87. The molecule has 2 atom stereocenters. The molecular formula is C15H25NO2. The minimum atomic E-state index is -0.0151. The van der Waals surface area contributed by atoms with Crippen molar-refractivity contribution in [3.63, 3.8) is 0 Å². The van der Waals surface area contributed by atoms with E-state index in [1.165, 1.54) is 0 Å². The van der Waals surface area contributed by atoms with Gasteiger partial charge in [0.05, 0.1) is 24.8 Å². The highest BCUT2D eigenvalue weighted by Crippen LogP contribution is 2.39. The Morgan fingerprint density at radius 2 is 2.00 bits per heavy atom. The molecular weight excluding hydrogens is 226 g/mol. The number of hydrogen-bond acceptors (Lipinski definition) is 3. The van der Waals surface area contributed by atoms with Gasteiger partial charge in [0.1, 0.15) is 5.76 Å². The molecule has 0 amide bonds. The summed E-state index contributed by atoms with van der Waals surface area (Å²) in [6.07, 6.45) is 4.89. The summed E-state index contributed by atoms with van der Waals surface area (Å²) >= 11 is 0. The lowest BCUT2D eigenvalue weighted by Crippen LogP contribution is -2.21. The van der Waals surface area contributed by atoms with Crippen LogP contribution in [0.3, 0.4) is 0 Å². The van der Waals surface area contributed by atoms with Crippen molar-refractivity contribution in [3.8, 4) is 0 Å². The van der Waals surface area contributed by atoms with E-state index in [2.05, 4.69) is 18.3 Å². The maximum Gasteiger partial charge on any atom is 0.100 e. The predicted octanol–water partition coefficient (Wildman–Crippen LogP) is 3.74. The van der Waals surface area contributed by atoms with E-state index < -0.39 is 0 Å². The molecule has 0 aromatic rings. The van der Waals surface area contributed by atoms with Gasteiger partial charge in [0, 0.05) is 13.5 Å². The molecule has 0 unspecified atom stereocenters. The average Bonchev–Trinajstić information content (AvgIpc) is 2.78. The first-order valence-electron chi connectivity index (χ1n) is 6.27. The fourth-order valence-electron chi connectivity index (χ4n) is 2.08. The first-order valence-corrected chi connectivity index (χ1v) is 6.27. The van der Waals surface area contributed by atoms with Crippen molar-refractivity contribution < 1.29 is 9.47 Å². The van der Waals surface area contributed by atoms with Gasteiger partial charge in [-0.3, -0.25) is 4.99 Å². The molecule has 0 spiro atoms. The highest BCUT2D eigenvalue weighted by Gasteiger charge is 2.36. The van der Waals surface area contributed by atoms with Crippen molar-refractivity contribution in [2.45, 2.75) is 33.3 Å². The zero-order chi connectivity index (χ0) is 14.1. The van der Waals surface area contributed by atoms with Crippen LogP contribution in [0.4, 0.5) is 0 Å². The molecule has 1 aliphatic carbocycles. The van der Waals surface area contributed by atoms with Crippen LogP contribution in [0.15, 0.2) is 40.8 Å². The van der Waals surface area contributed by atoms with E-state index in [0.29, 0.717) is 5.76 Å². The summed E-state index contributed by atoms with van der Waals surface area (Å²) in [5, 5.41) is 0. The second-order valence-electron chi connectivity index (χ2n) is 3.69. The number of nitrogens with zero attached hydrogens (tertiary/aromatic N) is 1. The summed E-state index contributed by atoms with van der Waals surface area (Å²) in [5.74, 6) is 0.660. The molecule has 102 valence electrons. The van der Waals surface area contributed by atoms with Gasteiger partial charge >= 0.3 is 0 Å². The van der Waals surface area contributed by atoms with Gasteiger partial charge in [-0.1, -0.05) is 32.6 Å². The number of methoxy groups -OCH3 is 2. The summed E-state index contributed by atoms with van der Waals surface area (Å²) in [6.45, 7) is 13.5. The minimum absolute atomic E-state index is 0.0151. The molecule has 0 aromatic carbocycles. The van der Waals surface area contributed by atoms with Crippen molar-refractivity contribution in [1.82, 2.24) is 0 Å². The zero-order valence-electron chi connectivity index (χ0n) is 12.2. The molecule has 0 saturated heterocycles. The fraction of sp³-hybridized carbons (Fsp3) is 0.533. The molecule has 0 N–H and O–H groups in total. The maximum atomic E-state index is 5.45. The third-order valence-corrected chi connectivity index (χ3v) is 2.87. The summed E-state index contributed by atoms with van der Waals surface area (Å²) in [7, 11) is 3.31. The van der Waals surface area contributed by atoms with E-state index in [1.54, 1.807) is 14.2 Å². The van der Waals surface area contributed by atoms with E-state index in [-0.39, 0.29) is 12.0 Å². The smallest absolute Gasteiger partial charge is 0.100 e. The number of ether oxygens (including phenoxy) is 2. The van der Waals surface area contributed by atoms with Crippen LogP contribution < -0.4 is 0 Å².